The van der Waals surface area contributed by atoms with Gasteiger partial charge in [-0.1, -0.05) is 29.8 Å². The molecule has 0 saturated carbocycles. The van der Waals surface area contributed by atoms with Crippen LogP contribution in [0.1, 0.15) is 15.9 Å². The molecule has 0 aliphatic carbocycles. The highest BCUT2D eigenvalue weighted by Crippen LogP contribution is 2.23. The Balaban J connectivity index is 2.29. The highest BCUT2D eigenvalue weighted by Gasteiger charge is 2.19. The third kappa shape index (κ3) is 4.05. The van der Waals surface area contributed by atoms with Gasteiger partial charge in [-0.25, -0.2) is 13.1 Å². The van der Waals surface area contributed by atoms with Crippen LogP contribution in [-0.2, 0) is 16.6 Å². The topological polar surface area (TPSA) is 84.5 Å². The number of nitrogens with one attached hydrogen (secondary N) is 2. The van der Waals surface area contributed by atoms with Gasteiger partial charge in [0.2, 0.25) is 10.0 Å². The number of hydrogen-bond acceptors (Lipinski definition) is 4. The van der Waals surface area contributed by atoms with Gasteiger partial charge >= 0.3 is 0 Å². The van der Waals surface area contributed by atoms with Crippen LogP contribution in [0.25, 0.3) is 0 Å². The number of ether oxygens (including phenoxy) is 1. The molecule has 0 spiro atoms. The minimum Gasteiger partial charge on any atom is -0.496 e. The lowest BCUT2D eigenvalue weighted by molar-refractivity contribution is 0.0960. The van der Waals surface area contributed by atoms with E-state index >= 15 is 0 Å². The molecule has 2 aromatic carbocycles. The fraction of sp³-hybridized carbons (Fsp3) is 0.188. The van der Waals surface area contributed by atoms with Crippen molar-refractivity contribution in [3.63, 3.8) is 0 Å². The zero-order valence-corrected chi connectivity index (χ0v) is 14.7. The molecule has 0 fully saturated rings. The highest BCUT2D eigenvalue weighted by molar-refractivity contribution is 7.89. The van der Waals surface area contributed by atoms with E-state index in [-0.39, 0.29) is 17.0 Å². The van der Waals surface area contributed by atoms with Crippen LogP contribution < -0.4 is 14.8 Å². The van der Waals surface area contributed by atoms with Gasteiger partial charge in [-0.2, -0.15) is 0 Å². The maximum atomic E-state index is 12.5. The lowest BCUT2D eigenvalue weighted by atomic mass is 10.2. The first-order valence-electron chi connectivity index (χ1n) is 7.02. The molecule has 0 aliphatic heterocycles. The number of halogens is 1. The summed E-state index contributed by atoms with van der Waals surface area (Å²) in [6.07, 6.45) is 0. The van der Waals surface area contributed by atoms with Crippen molar-refractivity contribution in [3.8, 4) is 5.75 Å². The van der Waals surface area contributed by atoms with Gasteiger partial charge in [0.05, 0.1) is 17.6 Å². The van der Waals surface area contributed by atoms with E-state index in [1.54, 1.807) is 24.3 Å². The molecule has 0 saturated heterocycles. The van der Waals surface area contributed by atoms with Gasteiger partial charge in [-0.3, -0.25) is 4.79 Å². The average molecular weight is 369 g/mol. The summed E-state index contributed by atoms with van der Waals surface area (Å²) in [6, 6.07) is 11.0. The first-order chi connectivity index (χ1) is 11.4. The second kappa shape index (κ2) is 7.65. The van der Waals surface area contributed by atoms with Gasteiger partial charge in [-0.15, -0.1) is 0 Å². The molecule has 1 amide bonds. The Labute approximate surface area is 145 Å². The number of rotatable bonds is 6. The van der Waals surface area contributed by atoms with Crippen LogP contribution in [0.4, 0.5) is 0 Å². The van der Waals surface area contributed by atoms with Gasteiger partial charge in [0.25, 0.3) is 5.91 Å². The SMILES string of the molecule is CNC(=O)c1cc(S(=O)(=O)NCc2ccccc2Cl)ccc1OC. The molecule has 2 aromatic rings. The molecule has 0 aromatic heterocycles. The average Bonchev–Trinajstić information content (AvgIpc) is 2.59. The molecule has 0 atom stereocenters. The Kier molecular flexibility index (Phi) is 5.82. The minimum absolute atomic E-state index is 0.0334. The fourth-order valence-corrected chi connectivity index (χ4v) is 3.30. The van der Waals surface area contributed by atoms with Gasteiger partial charge in [0.15, 0.2) is 0 Å². The van der Waals surface area contributed by atoms with Crippen molar-refractivity contribution in [2.45, 2.75) is 11.4 Å². The summed E-state index contributed by atoms with van der Waals surface area (Å²) in [5, 5.41) is 2.92. The van der Waals surface area contributed by atoms with Crippen molar-refractivity contribution in [1.82, 2.24) is 10.0 Å². The lowest BCUT2D eigenvalue weighted by Gasteiger charge is -2.11. The second-order valence-electron chi connectivity index (χ2n) is 4.86. The van der Waals surface area contributed by atoms with Crippen LogP contribution >= 0.6 is 11.6 Å². The molecule has 0 unspecified atom stereocenters. The quantitative estimate of drug-likeness (QED) is 0.818. The molecule has 0 radical (unpaired) electrons. The fourth-order valence-electron chi connectivity index (χ4n) is 2.06. The number of methoxy groups -OCH3 is 1. The molecule has 128 valence electrons. The van der Waals surface area contributed by atoms with Gasteiger partial charge in [0.1, 0.15) is 5.75 Å². The molecule has 8 heteroatoms. The third-order valence-corrected chi connectivity index (χ3v) is 5.13. The van der Waals surface area contributed by atoms with E-state index in [2.05, 4.69) is 10.0 Å². The van der Waals surface area contributed by atoms with Gasteiger partial charge in [-0.05, 0) is 29.8 Å². The largest absolute Gasteiger partial charge is 0.496 e. The number of amides is 1. The maximum Gasteiger partial charge on any atom is 0.254 e. The maximum absolute atomic E-state index is 12.5. The molecule has 6 nitrogen and oxygen atoms in total. The normalized spacial score (nSPS) is 11.1. The van der Waals surface area contributed by atoms with Gasteiger partial charge < -0.3 is 10.1 Å². The molecule has 24 heavy (non-hydrogen) atoms. The predicted octanol–water partition coefficient (Wildman–Crippen LogP) is 2.19. The zero-order valence-electron chi connectivity index (χ0n) is 13.2. The molecule has 0 heterocycles. The van der Waals surface area contributed by atoms with Crippen LogP contribution in [0, 0.1) is 0 Å². The zero-order chi connectivity index (χ0) is 17.7. The number of benzene rings is 2. The number of sulfonamides is 1. The molecule has 2 rings (SSSR count). The van der Waals surface area contributed by atoms with E-state index in [0.717, 1.165) is 0 Å². The molecule has 2 N–H and O–H groups in total. The standard InChI is InChI=1S/C16H17ClN2O4S/c1-18-16(20)13-9-12(7-8-15(13)23-2)24(21,22)19-10-11-5-3-4-6-14(11)17/h3-9,19H,10H2,1-2H3,(H,18,20). The van der Waals surface area contributed by atoms with Crippen LogP contribution in [0.5, 0.6) is 5.75 Å². The van der Waals surface area contributed by atoms with E-state index in [1.165, 1.54) is 32.4 Å². The molecular weight excluding hydrogens is 352 g/mol. The number of hydrogen-bond donors (Lipinski definition) is 2. The highest BCUT2D eigenvalue weighted by atomic mass is 35.5. The van der Waals surface area contributed by atoms with Crippen LogP contribution in [0.3, 0.4) is 0 Å². The summed E-state index contributed by atoms with van der Waals surface area (Å²) < 4.78 is 32.5. The Bertz CT molecular complexity index is 853. The first-order valence-corrected chi connectivity index (χ1v) is 8.88. The van der Waals surface area contributed by atoms with E-state index in [9.17, 15) is 13.2 Å². The number of carbonyl (C=O) groups excluding carboxylic acids is 1. The monoisotopic (exact) mass is 368 g/mol. The Morgan fingerprint density at radius 2 is 1.92 bits per heavy atom. The van der Waals surface area contributed by atoms with Crippen LogP contribution in [0.2, 0.25) is 5.02 Å². The summed E-state index contributed by atoms with van der Waals surface area (Å²) in [7, 11) is -0.943. The Morgan fingerprint density at radius 3 is 2.54 bits per heavy atom. The van der Waals surface area contributed by atoms with Crippen LogP contribution in [-0.4, -0.2) is 28.5 Å². The Morgan fingerprint density at radius 1 is 1.21 bits per heavy atom. The Hall–Kier alpha value is -2.09. The van der Waals surface area contributed by atoms with Crippen molar-refractivity contribution < 1.29 is 17.9 Å². The predicted molar refractivity (Wildman–Crippen MR) is 91.9 cm³/mol. The van der Waals surface area contributed by atoms with Crippen molar-refractivity contribution in [1.29, 1.82) is 0 Å². The second-order valence-corrected chi connectivity index (χ2v) is 7.03. The third-order valence-electron chi connectivity index (χ3n) is 3.36. The van der Waals surface area contributed by atoms with Gasteiger partial charge in [0, 0.05) is 18.6 Å². The van der Waals surface area contributed by atoms with Crippen molar-refractivity contribution >= 4 is 27.5 Å². The summed E-state index contributed by atoms with van der Waals surface area (Å²) >= 11 is 6.02. The minimum atomic E-state index is -3.81. The van der Waals surface area contributed by atoms with E-state index in [1.807, 2.05) is 0 Å². The van der Waals surface area contributed by atoms with Crippen molar-refractivity contribution in [2.75, 3.05) is 14.2 Å². The molecule has 0 aliphatic rings. The lowest BCUT2D eigenvalue weighted by Crippen LogP contribution is -2.24. The summed E-state index contributed by atoms with van der Waals surface area (Å²) in [4.78, 5) is 11.8. The van der Waals surface area contributed by atoms with E-state index < -0.39 is 15.9 Å². The summed E-state index contributed by atoms with van der Waals surface area (Å²) in [5.41, 5.74) is 0.795. The summed E-state index contributed by atoms with van der Waals surface area (Å²) in [6.45, 7) is 0.0450. The van der Waals surface area contributed by atoms with Crippen molar-refractivity contribution in [2.24, 2.45) is 0 Å². The summed E-state index contributed by atoms with van der Waals surface area (Å²) in [5.74, 6) is -0.144. The van der Waals surface area contributed by atoms with Crippen LogP contribution in [0.15, 0.2) is 47.4 Å². The van der Waals surface area contributed by atoms with E-state index in [4.69, 9.17) is 16.3 Å². The first kappa shape index (κ1) is 18.3. The van der Waals surface area contributed by atoms with Crippen molar-refractivity contribution in [3.05, 3.63) is 58.6 Å². The molecule has 0 bridgehead atoms. The smallest absolute Gasteiger partial charge is 0.254 e. The number of carbonyl (C=O) groups is 1. The molecular formula is C16H17ClN2O4S. The van der Waals surface area contributed by atoms with E-state index in [0.29, 0.717) is 16.3 Å².